The third kappa shape index (κ3) is 3.18. The molecule has 1 aliphatic heterocycles. The highest BCUT2D eigenvalue weighted by atomic mass is 16.2. The quantitative estimate of drug-likeness (QED) is 0.911. The summed E-state index contributed by atoms with van der Waals surface area (Å²) >= 11 is 0. The van der Waals surface area contributed by atoms with Crippen LogP contribution in [0.2, 0.25) is 0 Å². The van der Waals surface area contributed by atoms with E-state index in [-0.39, 0.29) is 24.3 Å². The van der Waals surface area contributed by atoms with Crippen molar-refractivity contribution in [2.45, 2.75) is 32.9 Å². The smallest absolute Gasteiger partial charge is 0.252 e. The Balaban J connectivity index is 1.59. The summed E-state index contributed by atoms with van der Waals surface area (Å²) in [7, 11) is 1.79. The number of carbonyl (C=O) groups excluding carboxylic acids is 2. The van der Waals surface area contributed by atoms with Crippen molar-refractivity contribution >= 4 is 11.8 Å². The number of hydrogen-bond donors (Lipinski definition) is 1. The summed E-state index contributed by atoms with van der Waals surface area (Å²) < 4.78 is 1.91. The third-order valence-electron chi connectivity index (χ3n) is 4.44. The zero-order valence-corrected chi connectivity index (χ0v) is 14.2. The molecule has 0 saturated heterocycles. The van der Waals surface area contributed by atoms with E-state index in [2.05, 4.69) is 10.4 Å². The molecule has 1 atom stereocenters. The second kappa shape index (κ2) is 6.47. The van der Waals surface area contributed by atoms with E-state index in [9.17, 15) is 9.59 Å². The van der Waals surface area contributed by atoms with Crippen LogP contribution in [0.15, 0.2) is 30.3 Å². The van der Waals surface area contributed by atoms with E-state index in [1.165, 1.54) is 0 Å². The first-order valence-electron chi connectivity index (χ1n) is 8.10. The second-order valence-electron chi connectivity index (χ2n) is 6.28. The van der Waals surface area contributed by atoms with Gasteiger partial charge in [-0.05, 0) is 31.5 Å². The number of rotatable bonds is 5. The minimum absolute atomic E-state index is 0.0125. The maximum Gasteiger partial charge on any atom is 0.252 e. The van der Waals surface area contributed by atoms with Crippen molar-refractivity contribution in [3.63, 3.8) is 0 Å². The van der Waals surface area contributed by atoms with Crippen LogP contribution in [0, 0.1) is 13.8 Å². The van der Waals surface area contributed by atoms with Crippen LogP contribution in [0.1, 0.15) is 39.8 Å². The fourth-order valence-electron chi connectivity index (χ4n) is 3.08. The number of likely N-dealkylation sites (N-methyl/N-ethyl adjacent to an activating group) is 1. The van der Waals surface area contributed by atoms with Crippen LogP contribution in [-0.4, -0.2) is 40.1 Å². The van der Waals surface area contributed by atoms with Gasteiger partial charge in [0.25, 0.3) is 5.91 Å². The van der Waals surface area contributed by atoms with Crippen LogP contribution in [0.4, 0.5) is 0 Å². The Morgan fingerprint density at radius 2 is 2.08 bits per heavy atom. The largest absolute Gasteiger partial charge is 0.345 e. The lowest BCUT2D eigenvalue weighted by atomic mass is 10.0. The molecule has 0 aliphatic carbocycles. The number of benzene rings is 1. The van der Waals surface area contributed by atoms with Crippen LogP contribution in [0.3, 0.4) is 0 Å². The summed E-state index contributed by atoms with van der Waals surface area (Å²) in [5, 5.41) is 7.29. The predicted octanol–water partition coefficient (Wildman–Crippen LogP) is 1.83. The highest BCUT2D eigenvalue weighted by molar-refractivity contribution is 5.99. The molecule has 126 valence electrons. The van der Waals surface area contributed by atoms with Crippen molar-refractivity contribution in [1.29, 1.82) is 0 Å². The normalized spacial score (nSPS) is 16.0. The zero-order chi connectivity index (χ0) is 17.3. The fourth-order valence-corrected chi connectivity index (χ4v) is 3.08. The topological polar surface area (TPSA) is 67.2 Å². The van der Waals surface area contributed by atoms with Gasteiger partial charge in [-0.1, -0.05) is 18.2 Å². The molecule has 3 rings (SSSR count). The van der Waals surface area contributed by atoms with Crippen LogP contribution in [-0.2, 0) is 11.3 Å². The van der Waals surface area contributed by atoms with E-state index in [4.69, 9.17) is 0 Å². The molecule has 0 bridgehead atoms. The summed E-state index contributed by atoms with van der Waals surface area (Å²) in [6.07, 6.45) is 0.274. The van der Waals surface area contributed by atoms with Crippen molar-refractivity contribution < 1.29 is 9.59 Å². The maximum atomic E-state index is 12.5. The van der Waals surface area contributed by atoms with Crippen molar-refractivity contribution in [3.8, 4) is 0 Å². The summed E-state index contributed by atoms with van der Waals surface area (Å²) in [6.45, 7) is 5.21. The Labute approximate surface area is 141 Å². The first-order chi connectivity index (χ1) is 11.5. The number of hydrogen-bond acceptors (Lipinski definition) is 3. The molecule has 1 N–H and O–H groups in total. The summed E-state index contributed by atoms with van der Waals surface area (Å²) in [5.74, 6) is -0.0905. The van der Waals surface area contributed by atoms with Gasteiger partial charge >= 0.3 is 0 Å². The molecule has 6 nitrogen and oxygen atoms in total. The van der Waals surface area contributed by atoms with E-state index in [1.54, 1.807) is 18.0 Å². The Hall–Kier alpha value is -2.63. The minimum atomic E-state index is -0.239. The Morgan fingerprint density at radius 1 is 1.33 bits per heavy atom. The molecular formula is C18H22N4O2. The van der Waals surface area contributed by atoms with Crippen LogP contribution < -0.4 is 5.32 Å². The fraction of sp³-hybridized carbons (Fsp3) is 0.389. The molecule has 0 unspecified atom stereocenters. The number of nitrogens with zero attached hydrogens (tertiary/aromatic N) is 3. The Morgan fingerprint density at radius 3 is 2.79 bits per heavy atom. The average Bonchev–Trinajstić information content (AvgIpc) is 3.04. The zero-order valence-electron chi connectivity index (χ0n) is 14.2. The minimum Gasteiger partial charge on any atom is -0.345 e. The monoisotopic (exact) mass is 326 g/mol. The molecule has 24 heavy (non-hydrogen) atoms. The van der Waals surface area contributed by atoms with Crippen molar-refractivity contribution in [1.82, 2.24) is 20.0 Å². The highest BCUT2D eigenvalue weighted by Crippen LogP contribution is 2.27. The first-order valence-corrected chi connectivity index (χ1v) is 8.10. The number of aromatic nitrogens is 2. The van der Waals surface area contributed by atoms with Gasteiger partial charge in [0.05, 0.1) is 24.7 Å². The third-order valence-corrected chi connectivity index (χ3v) is 4.44. The molecule has 6 heteroatoms. The van der Waals surface area contributed by atoms with Gasteiger partial charge in [0.15, 0.2) is 0 Å². The van der Waals surface area contributed by atoms with E-state index < -0.39 is 0 Å². The lowest BCUT2D eigenvalue weighted by Crippen LogP contribution is -2.33. The molecule has 1 aliphatic rings. The molecule has 1 aromatic heterocycles. The highest BCUT2D eigenvalue weighted by Gasteiger charge is 2.30. The number of nitrogens with one attached hydrogen (secondary N) is 1. The molecule has 2 amide bonds. The maximum absolute atomic E-state index is 12.5. The van der Waals surface area contributed by atoms with Gasteiger partial charge in [0.1, 0.15) is 0 Å². The summed E-state index contributed by atoms with van der Waals surface area (Å²) in [5.41, 5.74) is 3.64. The van der Waals surface area contributed by atoms with Gasteiger partial charge in [0.2, 0.25) is 5.91 Å². The van der Waals surface area contributed by atoms with Crippen molar-refractivity contribution in [2.24, 2.45) is 0 Å². The van der Waals surface area contributed by atoms with Gasteiger partial charge in [-0.25, -0.2) is 0 Å². The lowest BCUT2D eigenvalue weighted by Gasteiger charge is -2.20. The van der Waals surface area contributed by atoms with Crippen molar-refractivity contribution in [3.05, 3.63) is 52.8 Å². The summed E-state index contributed by atoms with van der Waals surface area (Å²) in [6, 6.07) is 9.21. The molecule has 2 heterocycles. The molecule has 0 spiro atoms. The molecule has 2 aromatic rings. The standard InChI is InChI=1S/C18H22N4O2/c1-12-10-13(2)22(20-12)9-8-21(3)17(23)11-16-14-6-4-5-7-15(14)18(24)19-16/h4-7,10,16H,8-9,11H2,1-3H3,(H,19,24)/t16-/m0/s1. The van der Waals surface area contributed by atoms with E-state index in [0.717, 1.165) is 17.0 Å². The van der Waals surface area contributed by atoms with Crippen LogP contribution >= 0.6 is 0 Å². The van der Waals surface area contributed by atoms with Gasteiger partial charge in [-0.2, -0.15) is 5.10 Å². The SMILES string of the molecule is Cc1cc(C)n(CCN(C)C(=O)C[C@@H]2NC(=O)c3ccccc32)n1. The van der Waals surface area contributed by atoms with Gasteiger partial charge in [-0.3, -0.25) is 14.3 Å². The van der Waals surface area contributed by atoms with Gasteiger partial charge in [0, 0.05) is 24.8 Å². The van der Waals surface area contributed by atoms with Crippen LogP contribution in [0.5, 0.6) is 0 Å². The Bertz CT molecular complexity index is 781. The average molecular weight is 326 g/mol. The second-order valence-corrected chi connectivity index (χ2v) is 6.28. The first kappa shape index (κ1) is 16.2. The van der Waals surface area contributed by atoms with E-state index in [0.29, 0.717) is 18.7 Å². The number of carbonyl (C=O) groups is 2. The summed E-state index contributed by atoms with van der Waals surface area (Å²) in [4.78, 5) is 26.1. The molecule has 0 saturated carbocycles. The van der Waals surface area contributed by atoms with Crippen LogP contribution in [0.25, 0.3) is 0 Å². The number of fused-ring (bicyclic) bond motifs is 1. The van der Waals surface area contributed by atoms with Gasteiger partial charge < -0.3 is 10.2 Å². The molecular weight excluding hydrogens is 304 g/mol. The van der Waals surface area contributed by atoms with Crippen molar-refractivity contribution in [2.75, 3.05) is 13.6 Å². The molecule has 1 aromatic carbocycles. The number of aryl methyl sites for hydroxylation is 2. The van der Waals surface area contributed by atoms with Gasteiger partial charge in [-0.15, -0.1) is 0 Å². The van der Waals surface area contributed by atoms with E-state index >= 15 is 0 Å². The predicted molar refractivity (Wildman–Crippen MR) is 90.6 cm³/mol. The van der Waals surface area contributed by atoms with E-state index in [1.807, 2.05) is 42.8 Å². The number of amides is 2. The lowest BCUT2D eigenvalue weighted by molar-refractivity contribution is -0.130. The molecule has 0 radical (unpaired) electrons. The Kier molecular flexibility index (Phi) is 4.38. The molecule has 0 fully saturated rings.